The number of aromatic nitrogens is 3. The molecule has 4 heteroatoms. The molecule has 1 N–H and O–H groups in total. The van der Waals surface area contributed by atoms with Crippen molar-refractivity contribution >= 4 is 11.6 Å². The van der Waals surface area contributed by atoms with E-state index in [2.05, 4.69) is 42.2 Å². The van der Waals surface area contributed by atoms with E-state index in [1.54, 1.807) is 0 Å². The molecule has 0 bridgehead atoms. The van der Waals surface area contributed by atoms with Crippen LogP contribution < -0.4 is 5.32 Å². The van der Waals surface area contributed by atoms with Crippen LogP contribution in [0.2, 0.25) is 0 Å². The molecule has 0 radical (unpaired) electrons. The predicted molar refractivity (Wildman–Crippen MR) is 72.8 cm³/mol. The zero-order chi connectivity index (χ0) is 12.8. The van der Waals surface area contributed by atoms with Gasteiger partial charge in [-0.05, 0) is 43.2 Å². The van der Waals surface area contributed by atoms with E-state index in [0.717, 1.165) is 17.2 Å². The first-order valence-electron chi connectivity index (χ1n) is 6.62. The molecule has 18 heavy (non-hydrogen) atoms. The molecule has 1 unspecified atom stereocenters. The number of nitrogens with zero attached hydrogens (tertiary/aromatic N) is 3. The molecule has 0 aliphatic heterocycles. The second kappa shape index (κ2) is 3.97. The molecule has 0 amide bonds. The van der Waals surface area contributed by atoms with Gasteiger partial charge in [-0.3, -0.25) is 0 Å². The Labute approximate surface area is 107 Å². The van der Waals surface area contributed by atoms with Gasteiger partial charge < -0.3 is 5.32 Å². The lowest BCUT2D eigenvalue weighted by Gasteiger charge is -2.17. The summed E-state index contributed by atoms with van der Waals surface area (Å²) in [5, 5.41) is 7.95. The van der Waals surface area contributed by atoms with Crippen molar-refractivity contribution in [2.45, 2.75) is 46.1 Å². The fraction of sp³-hybridized carbons (Fsp3) is 0.571. The second-order valence-corrected chi connectivity index (χ2v) is 6.14. The Morgan fingerprint density at radius 1 is 1.44 bits per heavy atom. The number of hydrogen-bond donors (Lipinski definition) is 1. The van der Waals surface area contributed by atoms with Crippen molar-refractivity contribution in [3.05, 3.63) is 23.9 Å². The van der Waals surface area contributed by atoms with Gasteiger partial charge in [-0.15, -0.1) is 5.10 Å². The Morgan fingerprint density at radius 3 is 2.94 bits per heavy atom. The van der Waals surface area contributed by atoms with Gasteiger partial charge in [0.05, 0.1) is 0 Å². The standard InChI is InChI=1S/C14H20N4/c1-10-5-4-8-18-12(10)16-13(17-18)15-11-6-7-14(2,3)9-11/h4-5,8,11H,6-7,9H2,1-3H3,(H,15,17). The molecule has 4 nitrogen and oxygen atoms in total. The maximum absolute atomic E-state index is 4.56. The summed E-state index contributed by atoms with van der Waals surface area (Å²) in [5.74, 6) is 0.756. The van der Waals surface area contributed by atoms with Crippen LogP contribution in [0.3, 0.4) is 0 Å². The van der Waals surface area contributed by atoms with Crippen LogP contribution in [0.1, 0.15) is 38.7 Å². The van der Waals surface area contributed by atoms with Gasteiger partial charge in [-0.25, -0.2) is 4.52 Å². The summed E-state index contributed by atoms with van der Waals surface area (Å²) in [4.78, 5) is 4.56. The smallest absolute Gasteiger partial charge is 0.243 e. The van der Waals surface area contributed by atoms with Crippen molar-refractivity contribution in [2.75, 3.05) is 5.32 Å². The first kappa shape index (κ1) is 11.5. The Morgan fingerprint density at radius 2 is 2.28 bits per heavy atom. The molecule has 0 saturated heterocycles. The van der Waals surface area contributed by atoms with E-state index in [-0.39, 0.29) is 0 Å². The summed E-state index contributed by atoms with van der Waals surface area (Å²) in [6.07, 6.45) is 5.62. The lowest BCUT2D eigenvalue weighted by atomic mass is 9.92. The van der Waals surface area contributed by atoms with E-state index in [0.29, 0.717) is 11.5 Å². The van der Waals surface area contributed by atoms with Crippen LogP contribution in [0.5, 0.6) is 0 Å². The van der Waals surface area contributed by atoms with E-state index in [1.807, 2.05) is 16.8 Å². The maximum Gasteiger partial charge on any atom is 0.243 e. The highest BCUT2D eigenvalue weighted by atomic mass is 15.3. The molecule has 1 atom stereocenters. The van der Waals surface area contributed by atoms with E-state index >= 15 is 0 Å². The molecule has 1 fully saturated rings. The normalized spacial score (nSPS) is 22.5. The van der Waals surface area contributed by atoms with E-state index < -0.39 is 0 Å². The van der Waals surface area contributed by atoms with Crippen molar-refractivity contribution in [3.63, 3.8) is 0 Å². The number of hydrogen-bond acceptors (Lipinski definition) is 3. The van der Waals surface area contributed by atoms with Crippen LogP contribution >= 0.6 is 0 Å². The molecule has 0 spiro atoms. The Kier molecular flexibility index (Phi) is 2.54. The lowest BCUT2D eigenvalue weighted by Crippen LogP contribution is -2.18. The summed E-state index contributed by atoms with van der Waals surface area (Å²) in [5.41, 5.74) is 2.55. The first-order chi connectivity index (χ1) is 8.53. The molecular weight excluding hydrogens is 224 g/mol. The Hall–Kier alpha value is -1.58. The highest BCUT2D eigenvalue weighted by molar-refractivity contribution is 5.50. The number of pyridine rings is 1. The van der Waals surface area contributed by atoms with E-state index in [1.165, 1.54) is 19.3 Å². The van der Waals surface area contributed by atoms with Crippen molar-refractivity contribution in [2.24, 2.45) is 5.41 Å². The summed E-state index contributed by atoms with van der Waals surface area (Å²) in [6.45, 7) is 6.72. The van der Waals surface area contributed by atoms with Gasteiger partial charge in [0.1, 0.15) is 0 Å². The quantitative estimate of drug-likeness (QED) is 0.883. The minimum atomic E-state index is 0.451. The lowest BCUT2D eigenvalue weighted by molar-refractivity contribution is 0.378. The molecule has 0 aromatic carbocycles. The van der Waals surface area contributed by atoms with Gasteiger partial charge in [0.25, 0.3) is 0 Å². The molecule has 1 aliphatic rings. The van der Waals surface area contributed by atoms with Crippen molar-refractivity contribution in [3.8, 4) is 0 Å². The van der Waals surface area contributed by atoms with Gasteiger partial charge in [-0.2, -0.15) is 4.98 Å². The third-order valence-electron chi connectivity index (χ3n) is 3.86. The van der Waals surface area contributed by atoms with Gasteiger partial charge in [0.2, 0.25) is 5.95 Å². The monoisotopic (exact) mass is 244 g/mol. The maximum atomic E-state index is 4.56. The number of nitrogens with one attached hydrogen (secondary N) is 1. The van der Waals surface area contributed by atoms with Gasteiger partial charge in [-0.1, -0.05) is 19.9 Å². The predicted octanol–water partition coefficient (Wildman–Crippen LogP) is 3.03. The molecular formula is C14H20N4. The summed E-state index contributed by atoms with van der Waals surface area (Å²) in [7, 11) is 0. The van der Waals surface area contributed by atoms with E-state index in [9.17, 15) is 0 Å². The van der Waals surface area contributed by atoms with Crippen molar-refractivity contribution < 1.29 is 0 Å². The molecule has 1 saturated carbocycles. The van der Waals surface area contributed by atoms with Gasteiger partial charge in [0.15, 0.2) is 5.65 Å². The SMILES string of the molecule is Cc1cccn2nc(NC3CCC(C)(C)C3)nc12. The summed E-state index contributed by atoms with van der Waals surface area (Å²) < 4.78 is 1.85. The minimum absolute atomic E-state index is 0.451. The van der Waals surface area contributed by atoms with Gasteiger partial charge >= 0.3 is 0 Å². The fourth-order valence-electron chi connectivity index (χ4n) is 2.84. The number of aryl methyl sites for hydroxylation is 1. The van der Waals surface area contributed by atoms with Crippen LogP contribution in [-0.2, 0) is 0 Å². The third-order valence-corrected chi connectivity index (χ3v) is 3.86. The van der Waals surface area contributed by atoms with Gasteiger partial charge in [0, 0.05) is 12.2 Å². The summed E-state index contributed by atoms with van der Waals surface area (Å²) >= 11 is 0. The highest BCUT2D eigenvalue weighted by Crippen LogP contribution is 2.37. The van der Waals surface area contributed by atoms with Crippen LogP contribution in [0.4, 0.5) is 5.95 Å². The van der Waals surface area contributed by atoms with Crippen LogP contribution in [-0.4, -0.2) is 20.6 Å². The van der Waals surface area contributed by atoms with E-state index in [4.69, 9.17) is 0 Å². The first-order valence-corrected chi connectivity index (χ1v) is 6.62. The number of fused-ring (bicyclic) bond motifs is 1. The number of rotatable bonds is 2. The number of anilines is 1. The highest BCUT2D eigenvalue weighted by Gasteiger charge is 2.31. The minimum Gasteiger partial charge on any atom is -0.350 e. The molecule has 96 valence electrons. The molecule has 1 aliphatic carbocycles. The van der Waals surface area contributed by atoms with Crippen LogP contribution in [0, 0.1) is 12.3 Å². The largest absolute Gasteiger partial charge is 0.350 e. The molecule has 2 aromatic heterocycles. The van der Waals surface area contributed by atoms with Crippen LogP contribution in [0.15, 0.2) is 18.3 Å². The average Bonchev–Trinajstić information content (AvgIpc) is 2.83. The molecule has 2 heterocycles. The third kappa shape index (κ3) is 2.07. The average molecular weight is 244 g/mol. The zero-order valence-corrected chi connectivity index (χ0v) is 11.3. The Balaban J connectivity index is 1.81. The summed E-state index contributed by atoms with van der Waals surface area (Å²) in [6, 6.07) is 4.57. The molecule has 2 aromatic rings. The zero-order valence-electron chi connectivity index (χ0n) is 11.3. The van der Waals surface area contributed by atoms with Crippen LogP contribution in [0.25, 0.3) is 5.65 Å². The Bertz CT molecular complexity index is 570. The second-order valence-electron chi connectivity index (χ2n) is 6.14. The molecule has 3 rings (SSSR count). The van der Waals surface area contributed by atoms with Crippen molar-refractivity contribution in [1.82, 2.24) is 14.6 Å². The van der Waals surface area contributed by atoms with Crippen molar-refractivity contribution in [1.29, 1.82) is 0 Å². The topological polar surface area (TPSA) is 42.2 Å². The fourth-order valence-corrected chi connectivity index (χ4v) is 2.84.